The van der Waals surface area contributed by atoms with Gasteiger partial charge in [-0.3, -0.25) is 4.79 Å². The third kappa shape index (κ3) is 1.56. The van der Waals surface area contributed by atoms with Gasteiger partial charge in [-0.05, 0) is 18.3 Å². The standard InChI is InChI=1S/C9H17N3O/c1-2-7(10)9(13)12-8-5-3-11-4-6(5)8/h5-8,11H,2-4,10H2,1H3,(H,12,13)/t5-,6+,7-,8?/m1/s1. The minimum Gasteiger partial charge on any atom is -0.351 e. The lowest BCUT2D eigenvalue weighted by molar-refractivity contribution is -0.122. The number of fused-ring (bicyclic) bond motifs is 1. The van der Waals surface area contributed by atoms with Crippen LogP contribution in [0.15, 0.2) is 0 Å². The largest absolute Gasteiger partial charge is 0.351 e. The van der Waals surface area contributed by atoms with Crippen LogP contribution in [0.2, 0.25) is 0 Å². The lowest BCUT2D eigenvalue weighted by Crippen LogP contribution is -2.43. The van der Waals surface area contributed by atoms with Crippen LogP contribution < -0.4 is 16.4 Å². The number of hydrogen-bond acceptors (Lipinski definition) is 3. The number of piperidine rings is 1. The second-order valence-electron chi connectivity index (χ2n) is 4.04. The molecule has 0 radical (unpaired) electrons. The van der Waals surface area contributed by atoms with Gasteiger partial charge in [-0.15, -0.1) is 0 Å². The van der Waals surface area contributed by atoms with E-state index < -0.39 is 0 Å². The number of nitrogens with two attached hydrogens (primary N) is 1. The van der Waals surface area contributed by atoms with Crippen molar-refractivity contribution in [3.8, 4) is 0 Å². The molecule has 1 aliphatic heterocycles. The molecular weight excluding hydrogens is 166 g/mol. The molecule has 4 nitrogen and oxygen atoms in total. The highest BCUT2D eigenvalue weighted by molar-refractivity contribution is 5.82. The first-order valence-corrected chi connectivity index (χ1v) is 5.00. The van der Waals surface area contributed by atoms with Gasteiger partial charge in [0.1, 0.15) is 0 Å². The number of carbonyl (C=O) groups is 1. The van der Waals surface area contributed by atoms with Crippen LogP contribution in [-0.4, -0.2) is 31.1 Å². The third-order valence-electron chi connectivity index (χ3n) is 3.18. The number of carbonyl (C=O) groups excluding carboxylic acids is 1. The van der Waals surface area contributed by atoms with Crippen molar-refractivity contribution in [2.75, 3.05) is 13.1 Å². The van der Waals surface area contributed by atoms with Crippen molar-refractivity contribution < 1.29 is 4.79 Å². The van der Waals surface area contributed by atoms with Crippen LogP contribution in [0.4, 0.5) is 0 Å². The van der Waals surface area contributed by atoms with Crippen molar-refractivity contribution in [2.24, 2.45) is 17.6 Å². The van der Waals surface area contributed by atoms with Gasteiger partial charge in [-0.1, -0.05) is 6.92 Å². The Morgan fingerprint density at radius 3 is 2.77 bits per heavy atom. The van der Waals surface area contributed by atoms with E-state index in [2.05, 4.69) is 10.6 Å². The summed E-state index contributed by atoms with van der Waals surface area (Å²) in [6.07, 6.45) is 0.714. The van der Waals surface area contributed by atoms with E-state index in [9.17, 15) is 4.79 Å². The normalized spacial score (nSPS) is 38.2. The molecule has 1 unspecified atom stereocenters. The zero-order valence-corrected chi connectivity index (χ0v) is 7.92. The van der Waals surface area contributed by atoms with E-state index in [4.69, 9.17) is 5.73 Å². The maximum absolute atomic E-state index is 11.4. The molecule has 2 aliphatic rings. The van der Waals surface area contributed by atoms with Gasteiger partial charge >= 0.3 is 0 Å². The predicted molar refractivity (Wildman–Crippen MR) is 50.0 cm³/mol. The summed E-state index contributed by atoms with van der Waals surface area (Å²) in [5.41, 5.74) is 5.62. The van der Waals surface area contributed by atoms with Gasteiger partial charge in [0.2, 0.25) is 5.91 Å². The Hall–Kier alpha value is -0.610. The summed E-state index contributed by atoms with van der Waals surface area (Å²) in [5, 5.41) is 6.29. The SMILES string of the molecule is CC[C@@H](N)C(=O)NC1[C@H]2CNC[C@@H]12. The van der Waals surface area contributed by atoms with Crippen LogP contribution in [0.1, 0.15) is 13.3 Å². The van der Waals surface area contributed by atoms with Crippen LogP contribution in [0.25, 0.3) is 0 Å². The minimum atomic E-state index is -0.325. The second kappa shape index (κ2) is 3.27. The molecule has 0 spiro atoms. The molecule has 2 fully saturated rings. The fourth-order valence-electron chi connectivity index (χ4n) is 2.09. The molecule has 0 aromatic carbocycles. The molecule has 4 atom stereocenters. The first-order chi connectivity index (χ1) is 6.24. The van der Waals surface area contributed by atoms with E-state index in [-0.39, 0.29) is 11.9 Å². The Morgan fingerprint density at radius 2 is 2.23 bits per heavy atom. The Balaban J connectivity index is 1.77. The summed E-state index contributed by atoms with van der Waals surface area (Å²) in [6.45, 7) is 4.04. The molecule has 0 aromatic heterocycles. The number of hydrogen-bond donors (Lipinski definition) is 3. The quantitative estimate of drug-likeness (QED) is 0.529. The van der Waals surface area contributed by atoms with Gasteiger partial charge in [0.15, 0.2) is 0 Å². The Morgan fingerprint density at radius 1 is 1.62 bits per heavy atom. The molecule has 0 bridgehead atoms. The van der Waals surface area contributed by atoms with Crippen molar-refractivity contribution in [3.05, 3.63) is 0 Å². The molecule has 4 heteroatoms. The van der Waals surface area contributed by atoms with Gasteiger partial charge in [0.05, 0.1) is 6.04 Å². The number of amides is 1. The molecule has 74 valence electrons. The van der Waals surface area contributed by atoms with E-state index in [0.717, 1.165) is 13.1 Å². The van der Waals surface area contributed by atoms with Gasteiger partial charge in [-0.25, -0.2) is 0 Å². The van der Waals surface area contributed by atoms with Crippen molar-refractivity contribution >= 4 is 5.91 Å². The summed E-state index contributed by atoms with van der Waals surface area (Å²) in [4.78, 5) is 11.4. The number of rotatable bonds is 3. The predicted octanol–water partition coefficient (Wildman–Crippen LogP) is -0.942. The average molecular weight is 183 g/mol. The molecular formula is C9H17N3O. The van der Waals surface area contributed by atoms with Gasteiger partial charge in [0.25, 0.3) is 0 Å². The first kappa shape index (κ1) is 8.97. The molecule has 1 heterocycles. The van der Waals surface area contributed by atoms with Crippen LogP contribution in [-0.2, 0) is 4.79 Å². The fraction of sp³-hybridized carbons (Fsp3) is 0.889. The van der Waals surface area contributed by atoms with E-state index in [1.807, 2.05) is 6.92 Å². The van der Waals surface area contributed by atoms with Crippen LogP contribution in [0.3, 0.4) is 0 Å². The summed E-state index contributed by atoms with van der Waals surface area (Å²) in [7, 11) is 0. The summed E-state index contributed by atoms with van der Waals surface area (Å²) in [6, 6.07) is 0.0839. The van der Waals surface area contributed by atoms with E-state index in [1.54, 1.807) is 0 Å². The molecule has 4 N–H and O–H groups in total. The average Bonchev–Trinajstić information content (AvgIpc) is 2.63. The van der Waals surface area contributed by atoms with Crippen LogP contribution in [0, 0.1) is 11.8 Å². The maximum atomic E-state index is 11.4. The van der Waals surface area contributed by atoms with Gasteiger partial charge < -0.3 is 16.4 Å². The van der Waals surface area contributed by atoms with E-state index in [0.29, 0.717) is 24.3 Å². The molecule has 1 saturated heterocycles. The molecule has 2 rings (SSSR count). The van der Waals surface area contributed by atoms with Gasteiger partial charge in [-0.2, -0.15) is 0 Å². The fourth-order valence-corrected chi connectivity index (χ4v) is 2.09. The minimum absolute atomic E-state index is 0.0156. The first-order valence-electron chi connectivity index (χ1n) is 5.00. The Bertz CT molecular complexity index is 209. The number of nitrogens with one attached hydrogen (secondary N) is 2. The molecule has 1 aliphatic carbocycles. The highest BCUT2D eigenvalue weighted by Gasteiger charge is 2.53. The zero-order valence-electron chi connectivity index (χ0n) is 7.92. The molecule has 13 heavy (non-hydrogen) atoms. The van der Waals surface area contributed by atoms with Gasteiger partial charge in [0, 0.05) is 19.1 Å². The lowest BCUT2D eigenvalue weighted by Gasteiger charge is -2.11. The monoisotopic (exact) mass is 183 g/mol. The zero-order chi connectivity index (χ0) is 9.42. The Kier molecular flexibility index (Phi) is 2.26. The highest BCUT2D eigenvalue weighted by atomic mass is 16.2. The van der Waals surface area contributed by atoms with E-state index in [1.165, 1.54) is 0 Å². The topological polar surface area (TPSA) is 67.2 Å². The van der Waals surface area contributed by atoms with Crippen LogP contribution in [0.5, 0.6) is 0 Å². The summed E-state index contributed by atoms with van der Waals surface area (Å²) < 4.78 is 0. The van der Waals surface area contributed by atoms with Crippen molar-refractivity contribution in [1.29, 1.82) is 0 Å². The maximum Gasteiger partial charge on any atom is 0.237 e. The lowest BCUT2D eigenvalue weighted by atomic mass is 10.2. The van der Waals surface area contributed by atoms with Crippen molar-refractivity contribution in [2.45, 2.75) is 25.4 Å². The van der Waals surface area contributed by atoms with Crippen LogP contribution >= 0.6 is 0 Å². The van der Waals surface area contributed by atoms with Crippen molar-refractivity contribution in [3.63, 3.8) is 0 Å². The summed E-state index contributed by atoms with van der Waals surface area (Å²) >= 11 is 0. The highest BCUT2D eigenvalue weighted by Crippen LogP contribution is 2.41. The smallest absolute Gasteiger partial charge is 0.237 e. The second-order valence-corrected chi connectivity index (χ2v) is 4.04. The Labute approximate surface area is 78.2 Å². The molecule has 0 aromatic rings. The summed E-state index contributed by atoms with van der Waals surface area (Å²) in [5.74, 6) is 1.36. The third-order valence-corrected chi connectivity index (χ3v) is 3.18. The van der Waals surface area contributed by atoms with E-state index >= 15 is 0 Å². The molecule has 1 amide bonds. The molecule has 1 saturated carbocycles. The van der Waals surface area contributed by atoms with Crippen molar-refractivity contribution in [1.82, 2.24) is 10.6 Å².